The molecule has 150 valence electrons. The molecule has 2 aromatic heterocycles. The Morgan fingerprint density at radius 2 is 1.76 bits per heavy atom. The fraction of sp³-hybridized carbons (Fsp3) is 0.286. The smallest absolute Gasteiger partial charge is 0.289 e. The highest BCUT2D eigenvalue weighted by atomic mass is 79.9. The number of aromatic nitrogens is 2. The molecule has 7 nitrogen and oxygen atoms in total. The van der Waals surface area contributed by atoms with Gasteiger partial charge in [0.15, 0.2) is 10.4 Å². The number of rotatable bonds is 3. The number of furan rings is 1. The molecular formula is C21H21BrN4O3. The molecule has 1 saturated heterocycles. The number of aryl methyl sites for hydroxylation is 2. The Hall–Kier alpha value is -2.87. The number of anilines is 1. The minimum Gasteiger partial charge on any atom is -0.444 e. The molecule has 1 aliphatic rings. The molecule has 1 aromatic carbocycles. The lowest BCUT2D eigenvalue weighted by molar-refractivity contribution is 0.0713. The fourth-order valence-corrected chi connectivity index (χ4v) is 3.64. The Balaban J connectivity index is 1.51. The number of carbonyl (C=O) groups is 1. The maximum absolute atomic E-state index is 12.5. The maximum Gasteiger partial charge on any atom is 0.289 e. The summed E-state index contributed by atoms with van der Waals surface area (Å²) in [6.07, 6.45) is 0. The topological polar surface area (TPSA) is 71.6 Å². The Kier molecular flexibility index (Phi) is 5.27. The van der Waals surface area contributed by atoms with Gasteiger partial charge in [0.1, 0.15) is 5.82 Å². The highest BCUT2D eigenvalue weighted by Crippen LogP contribution is 2.19. The highest BCUT2D eigenvalue weighted by molar-refractivity contribution is 9.10. The van der Waals surface area contributed by atoms with Crippen LogP contribution in [0.3, 0.4) is 0 Å². The Morgan fingerprint density at radius 3 is 2.41 bits per heavy atom. The van der Waals surface area contributed by atoms with Crippen LogP contribution < -0.4 is 10.5 Å². The second-order valence-electron chi connectivity index (χ2n) is 7.09. The van der Waals surface area contributed by atoms with Gasteiger partial charge in [0.05, 0.1) is 5.69 Å². The standard InChI is InChI=1S/C21H21BrN4O3/c1-14-3-4-16(13-15(14)2)26-20(27)8-7-19(23-26)24-9-11-25(12-10-24)21(28)17-5-6-18(22)29-17/h3-8,13H,9-12H2,1-2H3. The monoisotopic (exact) mass is 456 g/mol. The van der Waals surface area contributed by atoms with E-state index in [2.05, 4.69) is 25.9 Å². The van der Waals surface area contributed by atoms with Crippen molar-refractivity contribution in [1.29, 1.82) is 0 Å². The van der Waals surface area contributed by atoms with Crippen molar-refractivity contribution in [2.45, 2.75) is 13.8 Å². The van der Waals surface area contributed by atoms with Crippen molar-refractivity contribution in [1.82, 2.24) is 14.7 Å². The van der Waals surface area contributed by atoms with E-state index in [9.17, 15) is 9.59 Å². The third kappa shape index (κ3) is 3.98. The van der Waals surface area contributed by atoms with Crippen molar-refractivity contribution in [2.75, 3.05) is 31.1 Å². The number of benzene rings is 1. The second-order valence-corrected chi connectivity index (χ2v) is 7.87. The van der Waals surface area contributed by atoms with E-state index in [1.807, 2.05) is 32.0 Å². The molecule has 0 saturated carbocycles. The van der Waals surface area contributed by atoms with Crippen molar-refractivity contribution in [2.24, 2.45) is 0 Å². The van der Waals surface area contributed by atoms with Crippen LogP contribution >= 0.6 is 15.9 Å². The van der Waals surface area contributed by atoms with Crippen LogP contribution in [0.1, 0.15) is 21.7 Å². The van der Waals surface area contributed by atoms with Crippen molar-refractivity contribution in [3.8, 4) is 5.69 Å². The highest BCUT2D eigenvalue weighted by Gasteiger charge is 2.25. The molecule has 0 bridgehead atoms. The van der Waals surface area contributed by atoms with Crippen LogP contribution in [0.15, 0.2) is 56.3 Å². The van der Waals surface area contributed by atoms with E-state index >= 15 is 0 Å². The average Bonchev–Trinajstić information content (AvgIpc) is 3.16. The summed E-state index contributed by atoms with van der Waals surface area (Å²) in [7, 11) is 0. The molecule has 0 spiro atoms. The number of amides is 1. The van der Waals surface area contributed by atoms with Crippen LogP contribution in [0, 0.1) is 13.8 Å². The first kappa shape index (κ1) is 19.4. The SMILES string of the molecule is Cc1ccc(-n2nc(N3CCN(C(=O)c4ccc(Br)o4)CC3)ccc2=O)cc1C. The molecule has 8 heteroatoms. The lowest BCUT2D eigenvalue weighted by Crippen LogP contribution is -2.49. The van der Waals surface area contributed by atoms with Crippen molar-refractivity contribution in [3.63, 3.8) is 0 Å². The Morgan fingerprint density at radius 1 is 1.00 bits per heavy atom. The summed E-state index contributed by atoms with van der Waals surface area (Å²) in [5.41, 5.74) is 2.85. The minimum absolute atomic E-state index is 0.122. The van der Waals surface area contributed by atoms with Gasteiger partial charge >= 0.3 is 0 Å². The first-order chi connectivity index (χ1) is 13.9. The number of carbonyl (C=O) groups excluding carboxylic acids is 1. The zero-order chi connectivity index (χ0) is 20.5. The van der Waals surface area contributed by atoms with Crippen LogP contribution in [0.5, 0.6) is 0 Å². The molecule has 3 aromatic rings. The van der Waals surface area contributed by atoms with Crippen molar-refractivity contribution in [3.05, 3.63) is 74.4 Å². The maximum atomic E-state index is 12.5. The zero-order valence-electron chi connectivity index (χ0n) is 16.3. The van der Waals surface area contributed by atoms with Gasteiger partial charge < -0.3 is 14.2 Å². The number of halogens is 1. The molecule has 0 aliphatic carbocycles. The fourth-order valence-electron chi connectivity index (χ4n) is 3.34. The summed E-state index contributed by atoms with van der Waals surface area (Å²) in [5, 5.41) is 4.57. The van der Waals surface area contributed by atoms with Gasteiger partial charge in [0.2, 0.25) is 0 Å². The van der Waals surface area contributed by atoms with E-state index < -0.39 is 0 Å². The third-order valence-corrected chi connectivity index (χ3v) is 5.62. The summed E-state index contributed by atoms with van der Waals surface area (Å²) in [6, 6.07) is 12.5. The second kappa shape index (κ2) is 7.87. The summed E-state index contributed by atoms with van der Waals surface area (Å²) >= 11 is 3.22. The average molecular weight is 457 g/mol. The van der Waals surface area contributed by atoms with Gasteiger partial charge in [-0.25, -0.2) is 0 Å². The first-order valence-electron chi connectivity index (χ1n) is 9.40. The zero-order valence-corrected chi connectivity index (χ0v) is 17.8. The molecule has 0 unspecified atom stereocenters. The molecule has 29 heavy (non-hydrogen) atoms. The molecule has 0 radical (unpaired) electrons. The predicted octanol–water partition coefficient (Wildman–Crippen LogP) is 3.17. The number of hydrogen-bond donors (Lipinski definition) is 0. The molecular weight excluding hydrogens is 436 g/mol. The van der Waals surface area contributed by atoms with Gasteiger partial charge in [-0.1, -0.05) is 6.07 Å². The van der Waals surface area contributed by atoms with Crippen LogP contribution in [-0.2, 0) is 0 Å². The molecule has 4 rings (SSSR count). The normalized spacial score (nSPS) is 14.3. The van der Waals surface area contributed by atoms with Crippen LogP contribution in [0.25, 0.3) is 5.69 Å². The summed E-state index contributed by atoms with van der Waals surface area (Å²) in [6.45, 7) is 6.43. The van der Waals surface area contributed by atoms with E-state index in [1.165, 1.54) is 16.3 Å². The summed E-state index contributed by atoms with van der Waals surface area (Å²) in [4.78, 5) is 28.7. The summed E-state index contributed by atoms with van der Waals surface area (Å²) in [5.74, 6) is 0.922. The largest absolute Gasteiger partial charge is 0.444 e. The van der Waals surface area contributed by atoms with Gasteiger partial charge in [0.25, 0.3) is 11.5 Å². The Bertz CT molecular complexity index is 1110. The van der Waals surface area contributed by atoms with Gasteiger partial charge in [-0.3, -0.25) is 9.59 Å². The third-order valence-electron chi connectivity index (χ3n) is 5.20. The quantitative estimate of drug-likeness (QED) is 0.605. The van der Waals surface area contributed by atoms with Crippen molar-refractivity contribution >= 4 is 27.7 Å². The first-order valence-corrected chi connectivity index (χ1v) is 10.2. The molecule has 1 fully saturated rings. The number of piperazine rings is 1. The Labute approximate surface area is 176 Å². The van der Waals surface area contributed by atoms with Gasteiger partial charge in [-0.2, -0.15) is 4.68 Å². The van der Waals surface area contributed by atoms with Crippen LogP contribution in [0.4, 0.5) is 5.82 Å². The molecule has 1 amide bonds. The molecule has 1 aliphatic heterocycles. The van der Waals surface area contributed by atoms with E-state index in [4.69, 9.17) is 4.42 Å². The number of hydrogen-bond acceptors (Lipinski definition) is 5. The van der Waals surface area contributed by atoms with Crippen molar-refractivity contribution < 1.29 is 9.21 Å². The lowest BCUT2D eigenvalue weighted by atomic mass is 10.1. The van der Waals surface area contributed by atoms with Crippen LogP contribution in [0.2, 0.25) is 0 Å². The van der Waals surface area contributed by atoms with Crippen LogP contribution in [-0.4, -0.2) is 46.8 Å². The van der Waals surface area contributed by atoms with Gasteiger partial charge in [-0.15, -0.1) is 5.10 Å². The predicted molar refractivity (Wildman–Crippen MR) is 114 cm³/mol. The summed E-state index contributed by atoms with van der Waals surface area (Å²) < 4.78 is 7.34. The van der Waals surface area contributed by atoms with E-state index in [0.717, 1.165) is 17.1 Å². The molecule has 0 atom stereocenters. The van der Waals surface area contributed by atoms with E-state index in [1.54, 1.807) is 23.1 Å². The van der Waals surface area contributed by atoms with Gasteiger partial charge in [0, 0.05) is 32.2 Å². The molecule has 3 heterocycles. The molecule has 0 N–H and O–H groups in total. The van der Waals surface area contributed by atoms with E-state index in [-0.39, 0.29) is 11.5 Å². The lowest BCUT2D eigenvalue weighted by Gasteiger charge is -2.35. The minimum atomic E-state index is -0.172. The number of nitrogens with zero attached hydrogens (tertiary/aromatic N) is 4. The van der Waals surface area contributed by atoms with E-state index in [0.29, 0.717) is 36.6 Å². The van der Waals surface area contributed by atoms with Gasteiger partial charge in [-0.05, 0) is 71.2 Å².